The maximum atomic E-state index is 12.6. The van der Waals surface area contributed by atoms with E-state index < -0.39 is 0 Å². The van der Waals surface area contributed by atoms with Crippen LogP contribution in [-0.4, -0.2) is 34.0 Å². The Bertz CT molecular complexity index is 709. The summed E-state index contributed by atoms with van der Waals surface area (Å²) >= 11 is 0. The number of hydrogen-bond donors (Lipinski definition) is 0. The second-order valence-electron chi connectivity index (χ2n) is 7.33. The molecule has 5 heteroatoms. The van der Waals surface area contributed by atoms with E-state index in [1.807, 2.05) is 18.2 Å². The van der Waals surface area contributed by atoms with Gasteiger partial charge in [0.2, 0.25) is 11.8 Å². The molecule has 2 fully saturated rings. The second kappa shape index (κ2) is 7.48. The zero-order chi connectivity index (χ0) is 17.1. The van der Waals surface area contributed by atoms with E-state index in [9.17, 15) is 4.79 Å². The fourth-order valence-corrected chi connectivity index (χ4v) is 3.60. The lowest BCUT2D eigenvalue weighted by Crippen LogP contribution is -2.38. The van der Waals surface area contributed by atoms with Crippen LogP contribution in [0.25, 0.3) is 0 Å². The molecule has 0 spiro atoms. The predicted octanol–water partition coefficient (Wildman–Crippen LogP) is 3.36. The van der Waals surface area contributed by atoms with Crippen LogP contribution >= 0.6 is 0 Å². The minimum Gasteiger partial charge on any atom is -0.424 e. The Labute approximate surface area is 148 Å². The standard InChI is InChI=1S/C20H25N3O2/c24-18(11-8-15-5-2-1-3-6-15)17-7-4-12-23(13-17)14-19-21-22-20(25-19)16-9-10-16/h1-3,5-6,16-17H,4,7-14H2/t17-/m0/s1. The third-order valence-corrected chi connectivity index (χ3v) is 5.23. The van der Waals surface area contributed by atoms with Crippen molar-refractivity contribution >= 4 is 5.78 Å². The number of likely N-dealkylation sites (tertiary alicyclic amines) is 1. The number of carbonyl (C=O) groups is 1. The first-order valence-corrected chi connectivity index (χ1v) is 9.39. The molecule has 1 aliphatic carbocycles. The molecule has 1 saturated heterocycles. The predicted molar refractivity (Wildman–Crippen MR) is 94.0 cm³/mol. The highest BCUT2D eigenvalue weighted by Crippen LogP contribution is 2.39. The lowest BCUT2D eigenvalue weighted by atomic mass is 9.90. The number of benzene rings is 1. The molecule has 0 radical (unpaired) electrons. The van der Waals surface area contributed by atoms with Crippen molar-refractivity contribution < 1.29 is 9.21 Å². The average Bonchev–Trinajstić information content (AvgIpc) is 3.40. The van der Waals surface area contributed by atoms with Gasteiger partial charge in [0, 0.05) is 24.8 Å². The number of piperidine rings is 1. The van der Waals surface area contributed by atoms with E-state index in [4.69, 9.17) is 4.42 Å². The molecule has 2 aliphatic rings. The highest BCUT2D eigenvalue weighted by atomic mass is 16.4. The largest absolute Gasteiger partial charge is 0.424 e. The van der Waals surface area contributed by atoms with Crippen LogP contribution in [0, 0.1) is 5.92 Å². The lowest BCUT2D eigenvalue weighted by Gasteiger charge is -2.30. The van der Waals surface area contributed by atoms with Crippen LogP contribution in [0.5, 0.6) is 0 Å². The molecule has 0 amide bonds. The fourth-order valence-electron chi connectivity index (χ4n) is 3.60. The van der Waals surface area contributed by atoms with Crippen molar-refractivity contribution in [3.8, 4) is 0 Å². The number of hydrogen-bond acceptors (Lipinski definition) is 5. The molecule has 0 N–H and O–H groups in total. The van der Waals surface area contributed by atoms with Crippen LogP contribution < -0.4 is 0 Å². The van der Waals surface area contributed by atoms with Crippen molar-refractivity contribution in [1.82, 2.24) is 15.1 Å². The van der Waals surface area contributed by atoms with E-state index in [1.54, 1.807) is 0 Å². The number of nitrogens with zero attached hydrogens (tertiary/aromatic N) is 3. The van der Waals surface area contributed by atoms with Gasteiger partial charge in [-0.15, -0.1) is 10.2 Å². The molecular formula is C20H25N3O2. The molecule has 5 nitrogen and oxygen atoms in total. The topological polar surface area (TPSA) is 59.2 Å². The summed E-state index contributed by atoms with van der Waals surface area (Å²) in [5.74, 6) is 2.51. The minimum absolute atomic E-state index is 0.142. The van der Waals surface area contributed by atoms with Crippen molar-refractivity contribution in [2.75, 3.05) is 13.1 Å². The molecule has 1 saturated carbocycles. The van der Waals surface area contributed by atoms with Gasteiger partial charge in [0.25, 0.3) is 0 Å². The van der Waals surface area contributed by atoms with Crippen LogP contribution in [0.3, 0.4) is 0 Å². The maximum Gasteiger partial charge on any atom is 0.230 e. The average molecular weight is 339 g/mol. The van der Waals surface area contributed by atoms with Crippen LogP contribution in [0.4, 0.5) is 0 Å². The number of aromatic nitrogens is 2. The van der Waals surface area contributed by atoms with Gasteiger partial charge in [0.1, 0.15) is 5.78 Å². The smallest absolute Gasteiger partial charge is 0.230 e. The Balaban J connectivity index is 1.28. The zero-order valence-electron chi connectivity index (χ0n) is 14.6. The van der Waals surface area contributed by atoms with Gasteiger partial charge in [-0.2, -0.15) is 0 Å². The van der Waals surface area contributed by atoms with E-state index in [0.29, 0.717) is 30.6 Å². The van der Waals surface area contributed by atoms with E-state index >= 15 is 0 Å². The van der Waals surface area contributed by atoms with Gasteiger partial charge in [0.15, 0.2) is 0 Å². The number of carbonyl (C=O) groups excluding carboxylic acids is 1. The fraction of sp³-hybridized carbons (Fsp3) is 0.550. The van der Waals surface area contributed by atoms with Crippen molar-refractivity contribution in [3.63, 3.8) is 0 Å². The lowest BCUT2D eigenvalue weighted by molar-refractivity contribution is -0.124. The Morgan fingerprint density at radius 1 is 1.16 bits per heavy atom. The molecule has 1 aromatic heterocycles. The normalized spacial score (nSPS) is 21.4. The molecule has 2 aromatic rings. The monoisotopic (exact) mass is 339 g/mol. The van der Waals surface area contributed by atoms with Gasteiger partial charge in [-0.3, -0.25) is 9.69 Å². The van der Waals surface area contributed by atoms with E-state index in [2.05, 4.69) is 27.2 Å². The summed E-state index contributed by atoms with van der Waals surface area (Å²) in [4.78, 5) is 14.9. The summed E-state index contributed by atoms with van der Waals surface area (Å²) in [5.41, 5.74) is 1.24. The molecule has 4 rings (SSSR count). The van der Waals surface area contributed by atoms with E-state index in [-0.39, 0.29) is 5.92 Å². The SMILES string of the molecule is O=C(CCc1ccccc1)[C@H]1CCCN(Cc2nnc(C3CC3)o2)C1. The number of rotatable bonds is 7. The highest BCUT2D eigenvalue weighted by molar-refractivity contribution is 5.81. The zero-order valence-corrected chi connectivity index (χ0v) is 14.6. The van der Waals surface area contributed by atoms with Crippen molar-refractivity contribution in [2.45, 2.75) is 51.0 Å². The molecule has 1 aromatic carbocycles. The van der Waals surface area contributed by atoms with Crippen molar-refractivity contribution in [2.24, 2.45) is 5.92 Å². The van der Waals surface area contributed by atoms with Gasteiger partial charge in [-0.05, 0) is 44.2 Å². The van der Waals surface area contributed by atoms with Gasteiger partial charge in [-0.1, -0.05) is 30.3 Å². The van der Waals surface area contributed by atoms with Crippen LogP contribution in [-0.2, 0) is 17.8 Å². The summed E-state index contributed by atoms with van der Waals surface area (Å²) in [5, 5.41) is 8.32. The molecule has 0 unspecified atom stereocenters. The van der Waals surface area contributed by atoms with Crippen LogP contribution in [0.2, 0.25) is 0 Å². The quantitative estimate of drug-likeness (QED) is 0.774. The molecule has 1 atom stereocenters. The Hall–Kier alpha value is -2.01. The second-order valence-corrected chi connectivity index (χ2v) is 7.33. The van der Waals surface area contributed by atoms with E-state index in [0.717, 1.165) is 38.2 Å². The Morgan fingerprint density at radius 2 is 2.00 bits per heavy atom. The van der Waals surface area contributed by atoms with Crippen LogP contribution in [0.15, 0.2) is 34.7 Å². The number of aryl methyl sites for hydroxylation is 1. The molecule has 0 bridgehead atoms. The molecular weight excluding hydrogens is 314 g/mol. The maximum absolute atomic E-state index is 12.6. The molecule has 132 valence electrons. The number of Topliss-reactive ketones (excluding diaryl/α,β-unsaturated/α-hetero) is 1. The van der Waals surface area contributed by atoms with Gasteiger partial charge in [0.05, 0.1) is 6.54 Å². The summed E-state index contributed by atoms with van der Waals surface area (Å²) in [6.07, 6.45) is 5.87. The third kappa shape index (κ3) is 4.34. The first-order chi connectivity index (χ1) is 12.3. The first-order valence-electron chi connectivity index (χ1n) is 9.39. The molecule has 25 heavy (non-hydrogen) atoms. The summed E-state index contributed by atoms with van der Waals surface area (Å²) in [7, 11) is 0. The Morgan fingerprint density at radius 3 is 2.80 bits per heavy atom. The third-order valence-electron chi connectivity index (χ3n) is 5.23. The molecule has 1 aliphatic heterocycles. The first kappa shape index (κ1) is 16.5. The van der Waals surface area contributed by atoms with Crippen molar-refractivity contribution in [1.29, 1.82) is 0 Å². The molecule has 2 heterocycles. The van der Waals surface area contributed by atoms with Gasteiger partial charge < -0.3 is 4.42 Å². The van der Waals surface area contributed by atoms with Crippen molar-refractivity contribution in [3.05, 3.63) is 47.7 Å². The summed E-state index contributed by atoms with van der Waals surface area (Å²) < 4.78 is 5.76. The summed E-state index contributed by atoms with van der Waals surface area (Å²) in [6, 6.07) is 10.3. The highest BCUT2D eigenvalue weighted by Gasteiger charge is 2.30. The van der Waals surface area contributed by atoms with Crippen LogP contribution in [0.1, 0.15) is 55.4 Å². The minimum atomic E-state index is 0.142. The van der Waals surface area contributed by atoms with Gasteiger partial charge >= 0.3 is 0 Å². The summed E-state index contributed by atoms with van der Waals surface area (Å²) in [6.45, 7) is 2.49. The van der Waals surface area contributed by atoms with Gasteiger partial charge in [-0.25, -0.2) is 0 Å². The Kier molecular flexibility index (Phi) is 4.92. The number of ketones is 1. The van der Waals surface area contributed by atoms with E-state index in [1.165, 1.54) is 18.4 Å².